The van der Waals surface area contributed by atoms with Crippen molar-refractivity contribution in [2.45, 2.75) is 19.9 Å². The summed E-state index contributed by atoms with van der Waals surface area (Å²) < 4.78 is 5.16. The first-order chi connectivity index (χ1) is 13.6. The van der Waals surface area contributed by atoms with Gasteiger partial charge in [0.1, 0.15) is 11.5 Å². The standard InChI is InChI=1S/C21H28N4O3/c1-3-22-21(25-15-16-8-10-19(28-2)11-9-16)24-13-5-12-23-20(27)17-6-4-7-18(26)14-17/h4,6-11,14,26H,3,5,12-13,15H2,1-2H3,(H,23,27)(H2,22,24,25). The van der Waals surface area contributed by atoms with Crippen LogP contribution in [0.4, 0.5) is 0 Å². The summed E-state index contributed by atoms with van der Waals surface area (Å²) in [6.07, 6.45) is 0.748. The lowest BCUT2D eigenvalue weighted by molar-refractivity contribution is 0.0953. The second-order valence-electron chi connectivity index (χ2n) is 6.13. The summed E-state index contributed by atoms with van der Waals surface area (Å²) in [5.74, 6) is 1.44. The third-order valence-electron chi connectivity index (χ3n) is 3.96. The number of carbonyl (C=O) groups is 1. The smallest absolute Gasteiger partial charge is 0.251 e. The van der Waals surface area contributed by atoms with Gasteiger partial charge in [0.15, 0.2) is 5.96 Å². The lowest BCUT2D eigenvalue weighted by atomic mass is 10.2. The number of benzene rings is 2. The lowest BCUT2D eigenvalue weighted by Crippen LogP contribution is -2.38. The number of amides is 1. The fraction of sp³-hybridized carbons (Fsp3) is 0.333. The summed E-state index contributed by atoms with van der Waals surface area (Å²) in [6.45, 7) is 4.55. The predicted molar refractivity (Wildman–Crippen MR) is 111 cm³/mol. The van der Waals surface area contributed by atoms with Crippen molar-refractivity contribution in [1.82, 2.24) is 16.0 Å². The number of methoxy groups -OCH3 is 1. The second-order valence-corrected chi connectivity index (χ2v) is 6.13. The number of aliphatic imine (C=N–C) groups is 1. The van der Waals surface area contributed by atoms with Crippen LogP contribution in [0.25, 0.3) is 0 Å². The molecule has 0 aliphatic carbocycles. The average Bonchev–Trinajstić information content (AvgIpc) is 2.72. The highest BCUT2D eigenvalue weighted by molar-refractivity contribution is 5.94. The minimum atomic E-state index is -0.198. The fourth-order valence-electron chi connectivity index (χ4n) is 2.49. The number of ether oxygens (including phenoxy) is 1. The number of guanidine groups is 1. The summed E-state index contributed by atoms with van der Waals surface area (Å²) in [4.78, 5) is 16.6. The van der Waals surface area contributed by atoms with Gasteiger partial charge < -0.3 is 25.8 Å². The summed E-state index contributed by atoms with van der Waals surface area (Å²) in [7, 11) is 1.65. The zero-order valence-corrected chi connectivity index (χ0v) is 16.4. The zero-order valence-electron chi connectivity index (χ0n) is 16.4. The van der Waals surface area contributed by atoms with Gasteiger partial charge in [-0.2, -0.15) is 0 Å². The molecule has 1 amide bonds. The molecule has 7 nitrogen and oxygen atoms in total. The molecule has 0 aliphatic heterocycles. The highest BCUT2D eigenvalue weighted by atomic mass is 16.5. The number of phenols is 1. The fourth-order valence-corrected chi connectivity index (χ4v) is 2.49. The van der Waals surface area contributed by atoms with Crippen molar-refractivity contribution < 1.29 is 14.6 Å². The average molecular weight is 384 g/mol. The van der Waals surface area contributed by atoms with Gasteiger partial charge in [0.2, 0.25) is 0 Å². The summed E-state index contributed by atoms with van der Waals surface area (Å²) >= 11 is 0. The van der Waals surface area contributed by atoms with Crippen LogP contribution < -0.4 is 20.7 Å². The van der Waals surface area contributed by atoms with Gasteiger partial charge in [0.25, 0.3) is 5.91 Å². The molecule has 0 aromatic heterocycles. The molecule has 7 heteroatoms. The molecule has 0 unspecified atom stereocenters. The summed E-state index contributed by atoms with van der Waals surface area (Å²) in [6, 6.07) is 14.1. The van der Waals surface area contributed by atoms with E-state index in [4.69, 9.17) is 4.74 Å². The van der Waals surface area contributed by atoms with Crippen LogP contribution in [0.1, 0.15) is 29.3 Å². The van der Waals surface area contributed by atoms with E-state index in [-0.39, 0.29) is 11.7 Å². The number of hydrogen-bond donors (Lipinski definition) is 4. The number of carbonyl (C=O) groups excluding carboxylic acids is 1. The predicted octanol–water partition coefficient (Wildman–Crippen LogP) is 2.28. The molecule has 0 radical (unpaired) electrons. The van der Waals surface area contributed by atoms with Crippen LogP contribution in [0.2, 0.25) is 0 Å². The summed E-state index contributed by atoms with van der Waals surface area (Å²) in [5, 5.41) is 18.7. The van der Waals surface area contributed by atoms with Crippen molar-refractivity contribution in [2.24, 2.45) is 4.99 Å². The van der Waals surface area contributed by atoms with Gasteiger partial charge in [0, 0.05) is 25.2 Å². The van der Waals surface area contributed by atoms with Crippen LogP contribution in [0.3, 0.4) is 0 Å². The number of aromatic hydroxyl groups is 1. The molecule has 150 valence electrons. The first kappa shape index (κ1) is 21.1. The second kappa shape index (κ2) is 11.5. The van der Waals surface area contributed by atoms with E-state index < -0.39 is 0 Å². The molecule has 0 saturated heterocycles. The van der Waals surface area contributed by atoms with Gasteiger partial charge in [-0.1, -0.05) is 18.2 Å². The minimum Gasteiger partial charge on any atom is -0.508 e. The summed E-state index contributed by atoms with van der Waals surface area (Å²) in [5.41, 5.74) is 1.54. The maximum absolute atomic E-state index is 12.0. The van der Waals surface area contributed by atoms with E-state index in [0.717, 1.165) is 30.2 Å². The van der Waals surface area contributed by atoms with Gasteiger partial charge in [-0.05, 0) is 49.2 Å². The Labute approximate surface area is 165 Å². The molecular formula is C21H28N4O3. The van der Waals surface area contributed by atoms with E-state index in [1.54, 1.807) is 19.2 Å². The first-order valence-electron chi connectivity index (χ1n) is 9.34. The van der Waals surface area contributed by atoms with Crippen LogP contribution in [0.15, 0.2) is 53.5 Å². The molecule has 2 rings (SSSR count). The maximum Gasteiger partial charge on any atom is 0.251 e. The third-order valence-corrected chi connectivity index (χ3v) is 3.96. The van der Waals surface area contributed by atoms with E-state index in [2.05, 4.69) is 20.9 Å². The molecule has 4 N–H and O–H groups in total. The highest BCUT2D eigenvalue weighted by Gasteiger charge is 2.05. The Morgan fingerprint density at radius 2 is 1.82 bits per heavy atom. The number of rotatable bonds is 9. The molecule has 28 heavy (non-hydrogen) atoms. The molecule has 2 aromatic rings. The topological polar surface area (TPSA) is 95.0 Å². The molecular weight excluding hydrogens is 356 g/mol. The number of hydrogen-bond acceptors (Lipinski definition) is 4. The molecule has 0 heterocycles. The van der Waals surface area contributed by atoms with Gasteiger partial charge >= 0.3 is 0 Å². The number of phenolic OH excluding ortho intramolecular Hbond substituents is 1. The zero-order chi connectivity index (χ0) is 20.2. The monoisotopic (exact) mass is 384 g/mol. The van der Waals surface area contributed by atoms with Crippen LogP contribution in [0.5, 0.6) is 11.5 Å². The molecule has 0 spiro atoms. The molecule has 0 fully saturated rings. The Balaban J connectivity index is 1.73. The van der Waals surface area contributed by atoms with Crippen molar-refractivity contribution in [1.29, 1.82) is 0 Å². The number of nitrogens with zero attached hydrogens (tertiary/aromatic N) is 1. The van der Waals surface area contributed by atoms with Crippen molar-refractivity contribution in [3.05, 3.63) is 59.7 Å². The SMILES string of the molecule is CCNC(=NCc1ccc(OC)cc1)NCCCNC(=O)c1cccc(O)c1. The maximum atomic E-state index is 12.0. The Morgan fingerprint density at radius 1 is 1.07 bits per heavy atom. The van der Waals surface area contributed by atoms with Crippen molar-refractivity contribution in [2.75, 3.05) is 26.7 Å². The molecule has 2 aromatic carbocycles. The Hall–Kier alpha value is -3.22. The number of nitrogens with one attached hydrogen (secondary N) is 3. The molecule has 0 saturated carbocycles. The van der Waals surface area contributed by atoms with Gasteiger partial charge in [0.05, 0.1) is 13.7 Å². The van der Waals surface area contributed by atoms with Gasteiger partial charge in [-0.25, -0.2) is 4.99 Å². The van der Waals surface area contributed by atoms with Gasteiger partial charge in [-0.3, -0.25) is 4.79 Å². The largest absolute Gasteiger partial charge is 0.508 e. The van der Waals surface area contributed by atoms with Crippen molar-refractivity contribution in [3.8, 4) is 11.5 Å². The van der Waals surface area contributed by atoms with Crippen LogP contribution in [-0.2, 0) is 6.54 Å². The highest BCUT2D eigenvalue weighted by Crippen LogP contribution is 2.12. The van der Waals surface area contributed by atoms with Crippen molar-refractivity contribution >= 4 is 11.9 Å². The van der Waals surface area contributed by atoms with Gasteiger partial charge in [-0.15, -0.1) is 0 Å². The Bertz CT molecular complexity index is 775. The molecule has 0 atom stereocenters. The van der Waals surface area contributed by atoms with Crippen LogP contribution in [-0.4, -0.2) is 43.7 Å². The third kappa shape index (κ3) is 7.19. The van der Waals surface area contributed by atoms with E-state index in [1.807, 2.05) is 31.2 Å². The van der Waals surface area contributed by atoms with E-state index in [9.17, 15) is 9.90 Å². The van der Waals surface area contributed by atoms with Crippen LogP contribution in [0, 0.1) is 0 Å². The lowest BCUT2D eigenvalue weighted by Gasteiger charge is -2.12. The first-order valence-corrected chi connectivity index (χ1v) is 9.34. The Morgan fingerprint density at radius 3 is 2.50 bits per heavy atom. The normalized spacial score (nSPS) is 11.0. The van der Waals surface area contributed by atoms with E-state index in [1.165, 1.54) is 12.1 Å². The Kier molecular flexibility index (Phi) is 8.65. The quantitative estimate of drug-likeness (QED) is 0.302. The van der Waals surface area contributed by atoms with E-state index >= 15 is 0 Å². The van der Waals surface area contributed by atoms with Crippen LogP contribution >= 0.6 is 0 Å². The molecule has 0 aliphatic rings. The minimum absolute atomic E-state index is 0.0812. The van der Waals surface area contributed by atoms with Crippen molar-refractivity contribution in [3.63, 3.8) is 0 Å². The van der Waals surface area contributed by atoms with E-state index in [0.29, 0.717) is 25.2 Å². The molecule has 0 bridgehead atoms.